The van der Waals surface area contributed by atoms with E-state index >= 15 is 0 Å². The Labute approximate surface area is 191 Å². The molecular formula is C14H10N2Na2S4. The zero-order valence-corrected chi connectivity index (χ0v) is 19.4. The Morgan fingerprint density at radius 3 is 1.50 bits per heavy atom. The van der Waals surface area contributed by atoms with Crippen molar-refractivity contribution in [1.29, 1.82) is 0 Å². The summed E-state index contributed by atoms with van der Waals surface area (Å²) >= 11 is 3.46. The van der Waals surface area contributed by atoms with E-state index in [1.54, 1.807) is 44.3 Å². The van der Waals surface area contributed by atoms with Crippen LogP contribution in [-0.2, 0) is 0 Å². The molecule has 0 saturated heterocycles. The van der Waals surface area contributed by atoms with Crippen LogP contribution in [0.4, 0.5) is 0 Å². The first kappa shape index (κ1) is 19.2. The van der Waals surface area contributed by atoms with Crippen molar-refractivity contribution in [2.75, 3.05) is 0 Å². The fraction of sp³-hybridized carbons (Fsp3) is 0. The van der Waals surface area contributed by atoms with Crippen molar-refractivity contribution in [1.82, 2.24) is 9.97 Å². The second kappa shape index (κ2) is 8.85. The van der Waals surface area contributed by atoms with Gasteiger partial charge in [-0.05, 0) is 45.9 Å². The maximum atomic E-state index is 4.62. The van der Waals surface area contributed by atoms with Gasteiger partial charge in [0.05, 0.1) is 20.4 Å². The first-order valence-corrected chi connectivity index (χ1v) is 9.72. The molecule has 4 rings (SSSR count). The van der Waals surface area contributed by atoms with E-state index in [0.717, 1.165) is 19.7 Å². The Balaban J connectivity index is 0.00000132. The third kappa shape index (κ3) is 4.30. The maximum Gasteiger partial charge on any atom is 1.00 e. The van der Waals surface area contributed by atoms with Gasteiger partial charge in [-0.3, -0.25) is 0 Å². The molecule has 22 heavy (non-hydrogen) atoms. The number of para-hydroxylation sites is 2. The third-order valence-corrected chi connectivity index (χ3v) is 7.78. The van der Waals surface area contributed by atoms with Crippen LogP contribution in [0.1, 0.15) is 2.85 Å². The second-order valence-corrected chi connectivity index (χ2v) is 8.75. The van der Waals surface area contributed by atoms with Crippen molar-refractivity contribution in [3.05, 3.63) is 48.5 Å². The van der Waals surface area contributed by atoms with E-state index in [1.807, 2.05) is 12.1 Å². The number of nitrogens with zero attached hydrogens (tertiary/aromatic N) is 2. The van der Waals surface area contributed by atoms with E-state index in [2.05, 4.69) is 46.4 Å². The number of fused-ring (bicyclic) bond motifs is 2. The quantitative estimate of drug-likeness (QED) is 0.367. The van der Waals surface area contributed by atoms with Gasteiger partial charge in [-0.25, -0.2) is 9.97 Å². The summed E-state index contributed by atoms with van der Waals surface area (Å²) in [4.78, 5) is 9.24. The smallest absolute Gasteiger partial charge is 1.00 e. The van der Waals surface area contributed by atoms with Gasteiger partial charge in [-0.2, -0.15) is 0 Å². The molecule has 0 amide bonds. The van der Waals surface area contributed by atoms with Crippen LogP contribution < -0.4 is 59.1 Å². The van der Waals surface area contributed by atoms with Crippen LogP contribution in [-0.4, -0.2) is 9.97 Å². The van der Waals surface area contributed by atoms with Crippen molar-refractivity contribution in [3.8, 4) is 0 Å². The van der Waals surface area contributed by atoms with Gasteiger partial charge < -0.3 is 2.85 Å². The molecule has 0 fully saturated rings. The van der Waals surface area contributed by atoms with Crippen LogP contribution in [0.25, 0.3) is 20.4 Å². The van der Waals surface area contributed by atoms with Gasteiger partial charge in [0.25, 0.3) is 0 Å². The summed E-state index contributed by atoms with van der Waals surface area (Å²) in [5.41, 5.74) is 2.15. The summed E-state index contributed by atoms with van der Waals surface area (Å²) < 4.78 is 4.63. The van der Waals surface area contributed by atoms with E-state index in [0.29, 0.717) is 0 Å². The monoisotopic (exact) mass is 380 g/mol. The molecule has 0 radical (unpaired) electrons. The summed E-state index contributed by atoms with van der Waals surface area (Å²) in [5.74, 6) is 0. The van der Waals surface area contributed by atoms with Crippen molar-refractivity contribution in [2.45, 2.75) is 8.68 Å². The van der Waals surface area contributed by atoms with E-state index < -0.39 is 0 Å². The van der Waals surface area contributed by atoms with Gasteiger partial charge in [-0.15, -0.1) is 22.7 Å². The predicted molar refractivity (Wildman–Crippen MR) is 93.2 cm³/mol. The van der Waals surface area contributed by atoms with E-state index in [1.165, 1.54) is 9.40 Å². The molecule has 2 heterocycles. The van der Waals surface area contributed by atoms with E-state index in [9.17, 15) is 0 Å². The zero-order valence-electron chi connectivity index (χ0n) is 14.1. The molecule has 0 atom stereocenters. The molecule has 2 aromatic carbocycles. The van der Waals surface area contributed by atoms with Crippen molar-refractivity contribution < 1.29 is 62.0 Å². The van der Waals surface area contributed by atoms with Gasteiger partial charge in [0.2, 0.25) is 0 Å². The van der Waals surface area contributed by atoms with Gasteiger partial charge >= 0.3 is 59.1 Å². The first-order valence-electron chi connectivity index (χ1n) is 5.94. The molecule has 0 bridgehead atoms. The van der Waals surface area contributed by atoms with Gasteiger partial charge in [-0.1, -0.05) is 24.3 Å². The molecule has 0 aliphatic rings. The summed E-state index contributed by atoms with van der Waals surface area (Å²) in [5, 5.41) is 0. The standard InChI is InChI=1S/C14H8N2S4.2Na.2H/c1-3-7-11-9(5-1)15-13(17-11)19-20-14-16-10-6-2-4-8-12(10)18-14;;;;/h1-8H;;;;/q;2*+1;2*-1. The molecule has 4 aromatic rings. The molecule has 102 valence electrons. The Morgan fingerprint density at radius 1 is 0.682 bits per heavy atom. The van der Waals surface area contributed by atoms with Crippen molar-refractivity contribution in [2.24, 2.45) is 0 Å². The Bertz CT molecular complexity index is 760. The van der Waals surface area contributed by atoms with Crippen LogP contribution in [0.2, 0.25) is 0 Å². The van der Waals surface area contributed by atoms with Gasteiger partial charge in [0.1, 0.15) is 0 Å². The molecule has 0 N–H and O–H groups in total. The number of rotatable bonds is 3. The molecule has 0 spiro atoms. The summed E-state index contributed by atoms with van der Waals surface area (Å²) in [7, 11) is 3.37. The van der Waals surface area contributed by atoms with Crippen LogP contribution in [0.3, 0.4) is 0 Å². The van der Waals surface area contributed by atoms with E-state index in [4.69, 9.17) is 0 Å². The average molecular weight is 380 g/mol. The maximum absolute atomic E-state index is 4.62. The molecule has 8 heteroatoms. The fourth-order valence-electron chi connectivity index (χ4n) is 1.84. The summed E-state index contributed by atoms with van der Waals surface area (Å²) in [6.07, 6.45) is 0. The van der Waals surface area contributed by atoms with Crippen molar-refractivity contribution >= 4 is 64.7 Å². The molecule has 2 nitrogen and oxygen atoms in total. The number of hydrogen-bond acceptors (Lipinski definition) is 6. The number of thiazole rings is 2. The minimum Gasteiger partial charge on any atom is -1.00 e. The SMILES string of the molecule is [H-].[H-].[Na+].[Na+].c1ccc2sc(SSc3nc4ccccc4s3)nc2c1. The van der Waals surface area contributed by atoms with Crippen LogP contribution in [0, 0.1) is 0 Å². The zero-order chi connectivity index (χ0) is 13.4. The molecule has 2 aromatic heterocycles. The summed E-state index contributed by atoms with van der Waals surface area (Å²) in [6, 6.07) is 16.5. The Morgan fingerprint density at radius 2 is 1.09 bits per heavy atom. The minimum atomic E-state index is 0. The largest absolute Gasteiger partial charge is 1.00 e. The molecule has 0 saturated carbocycles. The number of aromatic nitrogens is 2. The average Bonchev–Trinajstić information content (AvgIpc) is 3.07. The first-order chi connectivity index (χ1) is 9.88. The normalized spacial score (nSPS) is 10.4. The topological polar surface area (TPSA) is 25.8 Å². The Kier molecular flexibility index (Phi) is 7.74. The molecule has 0 aliphatic carbocycles. The summed E-state index contributed by atoms with van der Waals surface area (Å²) in [6.45, 7) is 0. The van der Waals surface area contributed by atoms with Crippen LogP contribution in [0.15, 0.2) is 57.2 Å². The van der Waals surface area contributed by atoms with Crippen molar-refractivity contribution in [3.63, 3.8) is 0 Å². The number of hydrogen-bond donors (Lipinski definition) is 0. The van der Waals surface area contributed by atoms with Crippen LogP contribution in [0.5, 0.6) is 0 Å². The third-order valence-electron chi connectivity index (χ3n) is 2.73. The van der Waals surface area contributed by atoms with Crippen LogP contribution >= 0.6 is 44.3 Å². The number of benzene rings is 2. The fourth-order valence-corrected chi connectivity index (χ4v) is 6.34. The van der Waals surface area contributed by atoms with E-state index in [-0.39, 0.29) is 62.0 Å². The molecule has 0 unspecified atom stereocenters. The Hall–Kier alpha value is 0.920. The van der Waals surface area contributed by atoms with Gasteiger partial charge in [0, 0.05) is 0 Å². The molecular weight excluding hydrogens is 370 g/mol. The minimum absolute atomic E-state index is 0. The van der Waals surface area contributed by atoms with Gasteiger partial charge in [0.15, 0.2) is 8.68 Å². The predicted octanol–water partition coefficient (Wildman–Crippen LogP) is -0.0616. The molecule has 0 aliphatic heterocycles. The second-order valence-electron chi connectivity index (χ2n) is 4.06.